The van der Waals surface area contributed by atoms with Gasteiger partial charge in [-0.2, -0.15) is 5.10 Å². The summed E-state index contributed by atoms with van der Waals surface area (Å²) in [6.07, 6.45) is 6.66. The third kappa shape index (κ3) is 3.35. The summed E-state index contributed by atoms with van der Waals surface area (Å²) < 4.78 is 11.2. The van der Waals surface area contributed by atoms with Crippen molar-refractivity contribution in [1.82, 2.24) is 25.1 Å². The number of hydrogen-bond acceptors (Lipinski definition) is 7. The number of nitrogens with one attached hydrogen (secondary N) is 1. The van der Waals surface area contributed by atoms with Gasteiger partial charge in [0.25, 0.3) is 5.91 Å². The molecule has 1 fully saturated rings. The molecule has 0 radical (unpaired) electrons. The Morgan fingerprint density at radius 2 is 1.83 bits per heavy atom. The van der Waals surface area contributed by atoms with Crippen molar-refractivity contribution in [3.63, 3.8) is 0 Å². The number of carbonyl (C=O) groups excluding carboxylic acids is 1. The van der Waals surface area contributed by atoms with Crippen LogP contribution < -0.4 is 14.4 Å². The summed E-state index contributed by atoms with van der Waals surface area (Å²) in [4.78, 5) is 25.6. The number of hydrogen-bond donors (Lipinski definition) is 1. The molecule has 1 N–H and O–H groups in total. The maximum Gasteiger partial charge on any atom is 0.257 e. The quantitative estimate of drug-likeness (QED) is 0.723. The first-order valence-corrected chi connectivity index (χ1v) is 9.53. The Morgan fingerprint density at radius 1 is 1.00 bits per heavy atom. The van der Waals surface area contributed by atoms with Crippen LogP contribution in [0.5, 0.6) is 11.5 Å². The first-order valence-electron chi connectivity index (χ1n) is 9.53. The molecule has 2 aliphatic rings. The molecule has 0 atom stereocenters. The zero-order valence-electron chi connectivity index (χ0n) is 15.7. The molecule has 5 rings (SSSR count). The topological polar surface area (TPSA) is 96.5 Å². The minimum absolute atomic E-state index is 0.0394. The number of ether oxygens (including phenoxy) is 2. The summed E-state index contributed by atoms with van der Waals surface area (Å²) in [5, 5.41) is 7.08. The van der Waals surface area contributed by atoms with E-state index < -0.39 is 0 Å². The van der Waals surface area contributed by atoms with Crippen LogP contribution in [0.15, 0.2) is 43.0 Å². The molecular formula is C20H20N6O3. The highest BCUT2D eigenvalue weighted by Crippen LogP contribution is 2.35. The summed E-state index contributed by atoms with van der Waals surface area (Å²) in [6, 6.07) is 5.65. The number of nitrogens with zero attached hydrogens (tertiary/aromatic N) is 5. The van der Waals surface area contributed by atoms with Gasteiger partial charge >= 0.3 is 0 Å². The molecule has 0 saturated carbocycles. The normalized spacial score (nSPS) is 16.0. The number of aromatic nitrogens is 4. The van der Waals surface area contributed by atoms with Crippen LogP contribution >= 0.6 is 0 Å². The summed E-state index contributed by atoms with van der Waals surface area (Å²) in [7, 11) is 0. The van der Waals surface area contributed by atoms with Gasteiger partial charge in [0.05, 0.1) is 23.7 Å². The lowest BCUT2D eigenvalue weighted by Crippen LogP contribution is -2.49. The lowest BCUT2D eigenvalue weighted by atomic mass is 10.1. The first kappa shape index (κ1) is 17.5. The van der Waals surface area contributed by atoms with Gasteiger partial charge in [-0.1, -0.05) is 0 Å². The van der Waals surface area contributed by atoms with Gasteiger partial charge in [-0.3, -0.25) is 14.9 Å². The van der Waals surface area contributed by atoms with Crippen molar-refractivity contribution in [3.05, 3.63) is 48.5 Å². The van der Waals surface area contributed by atoms with Crippen LogP contribution in [0.25, 0.3) is 11.3 Å². The molecule has 148 valence electrons. The third-order valence-corrected chi connectivity index (χ3v) is 5.14. The number of aromatic amines is 1. The van der Waals surface area contributed by atoms with Gasteiger partial charge in [0.2, 0.25) is 0 Å². The van der Waals surface area contributed by atoms with E-state index in [0.29, 0.717) is 62.1 Å². The molecule has 1 saturated heterocycles. The largest absolute Gasteiger partial charge is 0.486 e. The van der Waals surface area contributed by atoms with E-state index in [1.807, 2.05) is 23.1 Å². The first-order chi connectivity index (χ1) is 14.3. The Bertz CT molecular complexity index is 1010. The molecule has 2 aliphatic heterocycles. The number of fused-ring (bicyclic) bond motifs is 1. The molecule has 1 aromatic carbocycles. The fourth-order valence-corrected chi connectivity index (χ4v) is 3.63. The number of amides is 1. The maximum absolute atomic E-state index is 13.2. The van der Waals surface area contributed by atoms with Crippen molar-refractivity contribution >= 4 is 11.7 Å². The van der Waals surface area contributed by atoms with Gasteiger partial charge in [0, 0.05) is 44.1 Å². The van der Waals surface area contributed by atoms with E-state index in [-0.39, 0.29) is 5.91 Å². The summed E-state index contributed by atoms with van der Waals surface area (Å²) in [6.45, 7) is 3.70. The highest BCUT2D eigenvalue weighted by molar-refractivity contribution is 6.00. The Balaban J connectivity index is 1.33. The molecule has 1 amide bonds. The van der Waals surface area contributed by atoms with Crippen LogP contribution in [-0.4, -0.2) is 70.4 Å². The number of rotatable bonds is 3. The fraction of sp³-hybridized carbons (Fsp3) is 0.300. The minimum atomic E-state index is -0.0394. The van der Waals surface area contributed by atoms with Crippen molar-refractivity contribution < 1.29 is 14.3 Å². The molecule has 2 aromatic heterocycles. The van der Waals surface area contributed by atoms with E-state index in [9.17, 15) is 4.79 Å². The van der Waals surface area contributed by atoms with Crippen LogP contribution in [0.2, 0.25) is 0 Å². The number of H-pyrrole nitrogens is 1. The van der Waals surface area contributed by atoms with Crippen molar-refractivity contribution in [1.29, 1.82) is 0 Å². The van der Waals surface area contributed by atoms with Gasteiger partial charge in [-0.05, 0) is 18.2 Å². The van der Waals surface area contributed by atoms with Crippen molar-refractivity contribution in [3.8, 4) is 22.8 Å². The molecule has 0 unspecified atom stereocenters. The Kier molecular flexibility index (Phi) is 4.47. The van der Waals surface area contributed by atoms with E-state index in [0.717, 1.165) is 11.4 Å². The molecule has 0 bridgehead atoms. The van der Waals surface area contributed by atoms with Crippen LogP contribution in [0.3, 0.4) is 0 Å². The van der Waals surface area contributed by atoms with Gasteiger partial charge in [0.1, 0.15) is 19.0 Å². The smallest absolute Gasteiger partial charge is 0.257 e. The number of anilines is 1. The molecule has 0 aliphatic carbocycles. The van der Waals surface area contributed by atoms with Crippen molar-refractivity contribution in [2.45, 2.75) is 0 Å². The molecule has 29 heavy (non-hydrogen) atoms. The molecule has 9 heteroatoms. The average molecular weight is 392 g/mol. The third-order valence-electron chi connectivity index (χ3n) is 5.14. The second kappa shape index (κ2) is 7.42. The van der Waals surface area contributed by atoms with Gasteiger partial charge in [0.15, 0.2) is 11.5 Å². The fourth-order valence-electron chi connectivity index (χ4n) is 3.63. The highest BCUT2D eigenvalue weighted by atomic mass is 16.6. The molecular weight excluding hydrogens is 372 g/mol. The van der Waals surface area contributed by atoms with Crippen LogP contribution in [-0.2, 0) is 0 Å². The Hall–Kier alpha value is -3.62. The molecule has 4 heterocycles. The SMILES string of the molecule is O=C(c1cn[nH]c1-c1ccc2c(c1)OCCO2)N1CCN(c2cnccn2)CC1. The predicted octanol–water partition coefficient (Wildman–Crippen LogP) is 1.60. The lowest BCUT2D eigenvalue weighted by Gasteiger charge is -2.35. The van der Waals surface area contributed by atoms with E-state index >= 15 is 0 Å². The summed E-state index contributed by atoms with van der Waals surface area (Å²) in [5.41, 5.74) is 2.08. The van der Waals surface area contributed by atoms with Gasteiger partial charge in [-0.25, -0.2) is 4.98 Å². The molecule has 9 nitrogen and oxygen atoms in total. The van der Waals surface area contributed by atoms with Crippen molar-refractivity contribution in [2.75, 3.05) is 44.3 Å². The average Bonchev–Trinajstić information content (AvgIpc) is 3.29. The van der Waals surface area contributed by atoms with Crippen LogP contribution in [0.1, 0.15) is 10.4 Å². The standard InChI is InChI=1S/C20H20N6O3/c27-20(26-7-5-25(6-8-26)18-13-21-3-4-22-18)15-12-23-24-19(15)14-1-2-16-17(11-14)29-10-9-28-16/h1-4,11-13H,5-10H2,(H,23,24). The maximum atomic E-state index is 13.2. The van der Waals surface area contributed by atoms with E-state index in [2.05, 4.69) is 25.1 Å². The lowest BCUT2D eigenvalue weighted by molar-refractivity contribution is 0.0747. The van der Waals surface area contributed by atoms with E-state index in [4.69, 9.17) is 9.47 Å². The zero-order valence-corrected chi connectivity index (χ0v) is 15.7. The van der Waals surface area contributed by atoms with Crippen LogP contribution in [0.4, 0.5) is 5.82 Å². The second-order valence-electron chi connectivity index (χ2n) is 6.86. The monoisotopic (exact) mass is 392 g/mol. The minimum Gasteiger partial charge on any atom is -0.486 e. The Labute approximate surface area is 167 Å². The molecule has 0 spiro atoms. The highest BCUT2D eigenvalue weighted by Gasteiger charge is 2.26. The van der Waals surface area contributed by atoms with Crippen molar-refractivity contribution in [2.24, 2.45) is 0 Å². The van der Waals surface area contributed by atoms with E-state index in [1.165, 1.54) is 0 Å². The number of carbonyl (C=O) groups is 1. The summed E-state index contributed by atoms with van der Waals surface area (Å²) >= 11 is 0. The number of piperazine rings is 1. The van der Waals surface area contributed by atoms with E-state index in [1.54, 1.807) is 24.8 Å². The second-order valence-corrected chi connectivity index (χ2v) is 6.86. The summed E-state index contributed by atoms with van der Waals surface area (Å²) in [5.74, 6) is 2.19. The van der Waals surface area contributed by atoms with Crippen LogP contribution in [0, 0.1) is 0 Å². The predicted molar refractivity (Wildman–Crippen MR) is 105 cm³/mol. The van der Waals surface area contributed by atoms with Gasteiger partial charge < -0.3 is 19.3 Å². The Morgan fingerprint density at radius 3 is 2.62 bits per heavy atom. The molecule has 3 aromatic rings. The number of benzene rings is 1. The van der Waals surface area contributed by atoms with Gasteiger partial charge in [-0.15, -0.1) is 0 Å². The zero-order chi connectivity index (χ0) is 19.6.